The number of aromatic amines is 1. The Bertz CT molecular complexity index is 2190. The predicted octanol–water partition coefficient (Wildman–Crippen LogP) is 5.02. The van der Waals surface area contributed by atoms with Crippen LogP contribution in [0.25, 0.3) is 33.0 Å². The monoisotopic (exact) mass is 830 g/mol. The number of nitrogens with one attached hydrogen (secondary N) is 2. The van der Waals surface area contributed by atoms with Crippen LogP contribution in [-0.4, -0.2) is 103 Å². The lowest BCUT2D eigenvalue weighted by Crippen LogP contribution is -2.45. The molecule has 2 heterocycles. The molecule has 0 bridgehead atoms. The van der Waals surface area contributed by atoms with E-state index in [1.54, 1.807) is 20.8 Å². The maximum absolute atomic E-state index is 14.5. The molecule has 1 unspecified atom stereocenters. The van der Waals surface area contributed by atoms with E-state index in [0.29, 0.717) is 11.9 Å². The molecule has 0 aliphatic rings. The standard InChI is InChI=1S/C40H50N2O17/c1-9-10-12-52-37(45)26(42-39(47)59-40(2,3)4)11-13-53-38(46)33-32-30(16-31(57-21-50-7)36(33)58-22-51-8)54-18-25(35(32)44)24-17-41-27-15-29(56-20-49-6)28(55-19-48-5)14-23(27)34(24)43/h14-18,26H,9-13,19-22H2,1-8H3,(H,41,43)(H,42,47). The van der Waals surface area contributed by atoms with Gasteiger partial charge in [0.2, 0.25) is 5.43 Å². The van der Waals surface area contributed by atoms with Crippen LogP contribution in [0.4, 0.5) is 4.79 Å². The summed E-state index contributed by atoms with van der Waals surface area (Å²) in [6.07, 6.45) is 2.59. The largest absolute Gasteiger partial charge is 0.464 e. The van der Waals surface area contributed by atoms with Gasteiger partial charge in [0.1, 0.15) is 29.1 Å². The predicted molar refractivity (Wildman–Crippen MR) is 210 cm³/mol. The molecule has 1 amide bonds. The normalized spacial score (nSPS) is 11.9. The fourth-order valence-electron chi connectivity index (χ4n) is 5.47. The summed E-state index contributed by atoms with van der Waals surface area (Å²) in [5.41, 5.74) is -2.88. The number of amides is 1. The Morgan fingerprint density at radius 2 is 1.41 bits per heavy atom. The Hall–Kier alpha value is -5.89. The number of hydrogen-bond donors (Lipinski definition) is 2. The van der Waals surface area contributed by atoms with Crippen LogP contribution in [0, 0.1) is 0 Å². The number of fused-ring (bicyclic) bond motifs is 2. The van der Waals surface area contributed by atoms with Crippen molar-refractivity contribution in [2.75, 3.05) is 68.8 Å². The van der Waals surface area contributed by atoms with Crippen molar-refractivity contribution in [1.82, 2.24) is 10.3 Å². The van der Waals surface area contributed by atoms with Crippen LogP contribution in [-0.2, 0) is 38.0 Å². The van der Waals surface area contributed by atoms with E-state index < -0.39 is 59.5 Å². The Morgan fingerprint density at radius 1 is 0.780 bits per heavy atom. The van der Waals surface area contributed by atoms with Gasteiger partial charge in [0.25, 0.3) is 0 Å². The maximum atomic E-state index is 14.5. The van der Waals surface area contributed by atoms with Crippen LogP contribution in [0.5, 0.6) is 23.0 Å². The summed E-state index contributed by atoms with van der Waals surface area (Å²) in [4.78, 5) is 71.4. The molecule has 0 spiro atoms. The second kappa shape index (κ2) is 21.8. The topological polar surface area (TPSA) is 228 Å². The number of benzene rings is 2. The molecule has 4 rings (SSSR count). The van der Waals surface area contributed by atoms with E-state index in [1.165, 1.54) is 52.8 Å². The van der Waals surface area contributed by atoms with Gasteiger partial charge in [-0.1, -0.05) is 13.3 Å². The molecule has 0 aliphatic carbocycles. The number of carbonyl (C=O) groups is 3. The molecule has 19 heteroatoms. The molecule has 0 radical (unpaired) electrons. The number of methoxy groups -OCH3 is 4. The molecule has 0 saturated heterocycles. The lowest BCUT2D eigenvalue weighted by molar-refractivity contribution is -0.146. The Balaban J connectivity index is 1.82. The molecule has 19 nitrogen and oxygen atoms in total. The molecule has 2 aromatic heterocycles. The Morgan fingerprint density at radius 3 is 2.03 bits per heavy atom. The first-order chi connectivity index (χ1) is 28.3. The molecule has 1 atom stereocenters. The summed E-state index contributed by atoms with van der Waals surface area (Å²) in [6.45, 7) is 5.56. The zero-order chi connectivity index (χ0) is 43.1. The van der Waals surface area contributed by atoms with Crippen LogP contribution in [0.3, 0.4) is 0 Å². The highest BCUT2D eigenvalue weighted by Crippen LogP contribution is 2.39. The summed E-state index contributed by atoms with van der Waals surface area (Å²) in [6, 6.07) is 2.99. The van der Waals surface area contributed by atoms with E-state index >= 15 is 0 Å². The van der Waals surface area contributed by atoms with E-state index in [0.717, 1.165) is 12.7 Å². The molecular weight excluding hydrogens is 780 g/mol. The highest BCUT2D eigenvalue weighted by atomic mass is 16.7. The first-order valence-electron chi connectivity index (χ1n) is 18.4. The van der Waals surface area contributed by atoms with Crippen molar-refractivity contribution < 1.29 is 70.9 Å². The van der Waals surface area contributed by atoms with Crippen LogP contribution < -0.4 is 35.1 Å². The minimum atomic E-state index is -1.27. The zero-order valence-electron chi connectivity index (χ0n) is 34.3. The van der Waals surface area contributed by atoms with Crippen LogP contribution in [0.1, 0.15) is 57.3 Å². The number of ether oxygens (including phenoxy) is 11. The summed E-state index contributed by atoms with van der Waals surface area (Å²) in [5, 5.41) is 2.25. The highest BCUT2D eigenvalue weighted by Gasteiger charge is 2.30. The van der Waals surface area contributed by atoms with Gasteiger partial charge in [-0.15, -0.1) is 0 Å². The molecule has 2 aromatic carbocycles. The van der Waals surface area contributed by atoms with Crippen molar-refractivity contribution in [2.24, 2.45) is 0 Å². The maximum Gasteiger partial charge on any atom is 0.408 e. The molecule has 322 valence electrons. The van der Waals surface area contributed by atoms with Crippen LogP contribution >= 0.6 is 0 Å². The van der Waals surface area contributed by atoms with Crippen molar-refractivity contribution >= 4 is 39.9 Å². The molecule has 2 N–H and O–H groups in total. The van der Waals surface area contributed by atoms with Crippen LogP contribution in [0.15, 0.2) is 44.7 Å². The SMILES string of the molecule is CCCCOC(=O)C(CCOC(=O)c1c(OCOC)c(OCOC)cc2occ(-c3c[nH]c4cc(OCOC)c(OCOC)cc4c3=O)c(=O)c12)NC(=O)OC(C)(C)C. The summed E-state index contributed by atoms with van der Waals surface area (Å²) in [7, 11) is 5.58. The third-order valence-electron chi connectivity index (χ3n) is 8.10. The number of H-pyrrole nitrogens is 1. The van der Waals surface area contributed by atoms with Crippen molar-refractivity contribution in [3.05, 3.63) is 56.7 Å². The molecule has 4 aromatic rings. The number of esters is 2. The summed E-state index contributed by atoms with van der Waals surface area (Å²) in [5.74, 6) is -1.82. The van der Waals surface area contributed by atoms with Gasteiger partial charge in [-0.05, 0) is 33.3 Å². The lowest BCUT2D eigenvalue weighted by Gasteiger charge is -2.23. The number of aromatic nitrogens is 1. The van der Waals surface area contributed by atoms with E-state index in [4.69, 9.17) is 56.5 Å². The van der Waals surface area contributed by atoms with Gasteiger partial charge < -0.3 is 66.8 Å². The average molecular weight is 831 g/mol. The second-order valence-electron chi connectivity index (χ2n) is 13.7. The van der Waals surface area contributed by atoms with E-state index in [1.807, 2.05) is 6.92 Å². The fraction of sp³-hybridized carbons (Fsp3) is 0.475. The summed E-state index contributed by atoms with van der Waals surface area (Å²) >= 11 is 0. The van der Waals surface area contributed by atoms with Gasteiger partial charge in [0, 0.05) is 53.2 Å². The van der Waals surface area contributed by atoms with Crippen molar-refractivity contribution in [1.29, 1.82) is 0 Å². The molecule has 0 fully saturated rings. The second-order valence-corrected chi connectivity index (χ2v) is 13.7. The molecule has 0 saturated carbocycles. The van der Waals surface area contributed by atoms with Gasteiger partial charge in [-0.25, -0.2) is 14.4 Å². The van der Waals surface area contributed by atoms with Gasteiger partial charge >= 0.3 is 18.0 Å². The highest BCUT2D eigenvalue weighted by molar-refractivity contribution is 6.07. The van der Waals surface area contributed by atoms with E-state index in [2.05, 4.69) is 10.3 Å². The van der Waals surface area contributed by atoms with Gasteiger partial charge in [0.15, 0.2) is 55.6 Å². The third kappa shape index (κ3) is 12.1. The number of pyridine rings is 1. The first-order valence-corrected chi connectivity index (χ1v) is 18.4. The minimum Gasteiger partial charge on any atom is -0.464 e. The van der Waals surface area contributed by atoms with Gasteiger partial charge in [-0.3, -0.25) is 9.59 Å². The number of unbranched alkanes of at least 4 members (excludes halogenated alkanes) is 1. The Kier molecular flexibility index (Phi) is 16.9. The lowest BCUT2D eigenvalue weighted by atomic mass is 10.0. The number of carbonyl (C=O) groups excluding carboxylic acids is 3. The van der Waals surface area contributed by atoms with E-state index in [-0.39, 0.29) is 83.9 Å². The van der Waals surface area contributed by atoms with Crippen molar-refractivity contribution in [3.8, 4) is 34.1 Å². The quantitative estimate of drug-likeness (QED) is 0.0459. The fourth-order valence-corrected chi connectivity index (χ4v) is 5.47. The van der Waals surface area contributed by atoms with Gasteiger partial charge in [-0.2, -0.15) is 0 Å². The smallest absolute Gasteiger partial charge is 0.408 e. The zero-order valence-corrected chi connectivity index (χ0v) is 34.3. The number of hydrogen-bond acceptors (Lipinski definition) is 17. The molecular formula is C40H50N2O17. The first kappa shape index (κ1) is 45.8. The number of alkyl carbamates (subject to hydrolysis) is 1. The third-order valence-corrected chi connectivity index (χ3v) is 8.10. The number of rotatable bonds is 22. The minimum absolute atomic E-state index is 0.0816. The van der Waals surface area contributed by atoms with Crippen molar-refractivity contribution in [3.63, 3.8) is 0 Å². The van der Waals surface area contributed by atoms with Gasteiger partial charge in [0.05, 0.1) is 40.6 Å². The summed E-state index contributed by atoms with van der Waals surface area (Å²) < 4.78 is 65.1. The molecule has 0 aliphatic heterocycles. The van der Waals surface area contributed by atoms with Crippen LogP contribution in [0.2, 0.25) is 0 Å². The Labute approximate surface area is 339 Å². The average Bonchev–Trinajstić information content (AvgIpc) is 3.19. The van der Waals surface area contributed by atoms with E-state index in [9.17, 15) is 24.0 Å². The molecule has 59 heavy (non-hydrogen) atoms. The van der Waals surface area contributed by atoms with Crippen molar-refractivity contribution in [2.45, 2.75) is 58.6 Å².